The maximum atomic E-state index is 13.3. The van der Waals surface area contributed by atoms with Gasteiger partial charge in [0.1, 0.15) is 5.75 Å². The number of alkyl halides is 3. The third kappa shape index (κ3) is 3.49. The van der Waals surface area contributed by atoms with Crippen LogP contribution in [0, 0.1) is 0 Å². The maximum Gasteiger partial charge on any atom is 0.430 e. The van der Waals surface area contributed by atoms with E-state index in [1.807, 2.05) is 0 Å². The Balaban J connectivity index is 2.24. The van der Waals surface area contributed by atoms with Gasteiger partial charge >= 0.3 is 12.1 Å². The first kappa shape index (κ1) is 18.9. The molecule has 3 rings (SSSR count). The normalized spacial score (nSPS) is 16.5. The molecule has 3 nitrogen and oxygen atoms in total. The average molecular weight is 424 g/mol. The predicted octanol–water partition coefficient (Wildman–Crippen LogP) is 6.11. The van der Waals surface area contributed by atoms with E-state index in [4.69, 9.17) is 44.6 Å². The molecule has 0 bridgehead atoms. The molecule has 0 aromatic heterocycles. The maximum absolute atomic E-state index is 13.3. The lowest BCUT2D eigenvalue weighted by molar-refractivity contribution is -0.187. The number of benzene rings is 2. The van der Waals surface area contributed by atoms with Crippen LogP contribution in [0.25, 0.3) is 17.2 Å². The van der Waals surface area contributed by atoms with Crippen molar-refractivity contribution in [3.8, 4) is 16.9 Å². The van der Waals surface area contributed by atoms with Crippen LogP contribution < -0.4 is 4.74 Å². The van der Waals surface area contributed by atoms with Gasteiger partial charge in [-0.1, -0.05) is 40.9 Å². The molecule has 0 aliphatic carbocycles. The minimum Gasteiger partial charge on any atom is -0.478 e. The number of carbonyl (C=O) groups is 1. The third-order valence-electron chi connectivity index (χ3n) is 3.69. The summed E-state index contributed by atoms with van der Waals surface area (Å²) in [5, 5.41) is 9.77. The van der Waals surface area contributed by atoms with Crippen LogP contribution in [-0.2, 0) is 4.79 Å². The molecule has 26 heavy (non-hydrogen) atoms. The van der Waals surface area contributed by atoms with Crippen LogP contribution >= 0.6 is 34.8 Å². The van der Waals surface area contributed by atoms with Gasteiger partial charge < -0.3 is 9.84 Å². The van der Waals surface area contributed by atoms with Gasteiger partial charge in [0.15, 0.2) is 0 Å². The van der Waals surface area contributed by atoms with Crippen LogP contribution in [0.1, 0.15) is 5.56 Å². The summed E-state index contributed by atoms with van der Waals surface area (Å²) < 4.78 is 44.9. The van der Waals surface area contributed by atoms with Crippen molar-refractivity contribution in [2.24, 2.45) is 0 Å². The first-order chi connectivity index (χ1) is 12.1. The van der Waals surface area contributed by atoms with Crippen molar-refractivity contribution in [2.45, 2.75) is 12.3 Å². The number of rotatable bonds is 2. The van der Waals surface area contributed by atoms with Gasteiger partial charge in [0.25, 0.3) is 0 Å². The zero-order valence-corrected chi connectivity index (χ0v) is 14.8. The highest BCUT2D eigenvalue weighted by Gasteiger charge is 2.48. The fourth-order valence-electron chi connectivity index (χ4n) is 2.57. The average Bonchev–Trinajstić information content (AvgIpc) is 2.54. The molecule has 0 saturated heterocycles. The van der Waals surface area contributed by atoms with Gasteiger partial charge in [0.05, 0.1) is 15.6 Å². The van der Waals surface area contributed by atoms with E-state index in [2.05, 4.69) is 0 Å². The van der Waals surface area contributed by atoms with Crippen LogP contribution in [0.2, 0.25) is 15.1 Å². The zero-order valence-electron chi connectivity index (χ0n) is 12.6. The van der Waals surface area contributed by atoms with Crippen molar-refractivity contribution in [1.29, 1.82) is 0 Å². The van der Waals surface area contributed by atoms with Gasteiger partial charge in [0.2, 0.25) is 6.10 Å². The number of halogens is 6. The molecule has 0 spiro atoms. The summed E-state index contributed by atoms with van der Waals surface area (Å²) in [6.45, 7) is 0. The molecule has 2 aromatic carbocycles. The molecular formula is C17H8Cl3F3O3. The zero-order chi connectivity index (χ0) is 19.2. The molecule has 0 saturated carbocycles. The topological polar surface area (TPSA) is 46.5 Å². The summed E-state index contributed by atoms with van der Waals surface area (Å²) in [4.78, 5) is 11.2. The van der Waals surface area contributed by atoms with E-state index in [0.717, 1.165) is 6.08 Å². The lowest BCUT2D eigenvalue weighted by Crippen LogP contribution is -2.40. The van der Waals surface area contributed by atoms with E-state index in [1.165, 1.54) is 24.3 Å². The van der Waals surface area contributed by atoms with Crippen molar-refractivity contribution in [1.82, 2.24) is 0 Å². The smallest absolute Gasteiger partial charge is 0.430 e. The highest BCUT2D eigenvalue weighted by atomic mass is 35.5. The van der Waals surface area contributed by atoms with Gasteiger partial charge in [0, 0.05) is 16.1 Å². The van der Waals surface area contributed by atoms with Gasteiger partial charge in [-0.2, -0.15) is 13.2 Å². The van der Waals surface area contributed by atoms with Crippen molar-refractivity contribution in [3.63, 3.8) is 0 Å². The lowest BCUT2D eigenvalue weighted by Gasteiger charge is -2.28. The number of carboxylic acid groups (broad SMARTS) is 1. The Morgan fingerprint density at radius 2 is 1.77 bits per heavy atom. The molecule has 2 aromatic rings. The summed E-state index contributed by atoms with van der Waals surface area (Å²) in [6, 6.07) is 7.22. The molecule has 0 fully saturated rings. The molecule has 1 aliphatic rings. The predicted molar refractivity (Wildman–Crippen MR) is 93.0 cm³/mol. The van der Waals surface area contributed by atoms with E-state index in [9.17, 15) is 18.0 Å². The van der Waals surface area contributed by atoms with Crippen LogP contribution in [0.15, 0.2) is 35.9 Å². The highest BCUT2D eigenvalue weighted by Crippen LogP contribution is 2.44. The lowest BCUT2D eigenvalue weighted by atomic mass is 9.96. The van der Waals surface area contributed by atoms with Crippen molar-refractivity contribution in [2.75, 3.05) is 0 Å². The van der Waals surface area contributed by atoms with E-state index >= 15 is 0 Å². The first-order valence-corrected chi connectivity index (χ1v) is 8.18. The molecule has 9 heteroatoms. The van der Waals surface area contributed by atoms with Crippen molar-refractivity contribution >= 4 is 46.8 Å². The SMILES string of the molecule is O=C(O)C1=Cc2cc(Cl)cc(-c3ccc(Cl)c(Cl)c3)c2OC1C(F)(F)F. The summed E-state index contributed by atoms with van der Waals surface area (Å²) in [7, 11) is 0. The number of hydrogen-bond donors (Lipinski definition) is 1. The first-order valence-electron chi connectivity index (χ1n) is 7.05. The molecule has 1 atom stereocenters. The number of ether oxygens (including phenoxy) is 1. The Kier molecular flexibility index (Phi) is 4.86. The van der Waals surface area contributed by atoms with Crippen LogP contribution in [-0.4, -0.2) is 23.4 Å². The van der Waals surface area contributed by atoms with E-state index in [0.29, 0.717) is 5.56 Å². The standard InChI is InChI=1S/C17H8Cl3F3O3/c18-9-3-8-4-11(16(24)25)15(17(21,22)23)26-14(8)10(6-9)7-1-2-12(19)13(20)5-7/h1-6,15H,(H,24,25). The highest BCUT2D eigenvalue weighted by molar-refractivity contribution is 6.42. The molecule has 1 unspecified atom stereocenters. The second kappa shape index (κ2) is 6.68. The molecule has 1 heterocycles. The van der Waals surface area contributed by atoms with E-state index < -0.39 is 23.8 Å². The Bertz CT molecular complexity index is 939. The number of fused-ring (bicyclic) bond motifs is 1. The quantitative estimate of drug-likeness (QED) is 0.634. The van der Waals surface area contributed by atoms with Gasteiger partial charge in [-0.05, 0) is 35.9 Å². The number of hydrogen-bond acceptors (Lipinski definition) is 2. The monoisotopic (exact) mass is 422 g/mol. The molecule has 0 amide bonds. The van der Waals surface area contributed by atoms with Gasteiger partial charge in [-0.25, -0.2) is 4.79 Å². The third-order valence-corrected chi connectivity index (χ3v) is 4.64. The fourth-order valence-corrected chi connectivity index (χ4v) is 3.10. The Labute approximate surface area is 160 Å². The minimum atomic E-state index is -4.91. The summed E-state index contributed by atoms with van der Waals surface area (Å²) in [5.41, 5.74) is -0.143. The van der Waals surface area contributed by atoms with Crippen molar-refractivity contribution in [3.05, 3.63) is 56.5 Å². The van der Waals surface area contributed by atoms with Crippen LogP contribution in [0.4, 0.5) is 13.2 Å². The largest absolute Gasteiger partial charge is 0.478 e. The van der Waals surface area contributed by atoms with Crippen LogP contribution in [0.5, 0.6) is 5.75 Å². The Morgan fingerprint density at radius 3 is 2.35 bits per heavy atom. The summed E-state index contributed by atoms with van der Waals surface area (Å²) in [5.74, 6) is -1.87. The summed E-state index contributed by atoms with van der Waals surface area (Å²) >= 11 is 17.9. The van der Waals surface area contributed by atoms with E-state index in [-0.39, 0.29) is 31.9 Å². The second-order valence-corrected chi connectivity index (χ2v) is 6.70. The Morgan fingerprint density at radius 1 is 1.08 bits per heavy atom. The molecular weight excluding hydrogens is 416 g/mol. The van der Waals surface area contributed by atoms with Gasteiger partial charge in [-0.3, -0.25) is 0 Å². The second-order valence-electron chi connectivity index (χ2n) is 5.44. The number of aliphatic carboxylic acids is 1. The fraction of sp³-hybridized carbons (Fsp3) is 0.118. The molecule has 0 radical (unpaired) electrons. The summed E-state index contributed by atoms with van der Waals surface area (Å²) in [6.07, 6.45) is -6.60. The van der Waals surface area contributed by atoms with Crippen LogP contribution in [0.3, 0.4) is 0 Å². The van der Waals surface area contributed by atoms with Crippen molar-refractivity contribution < 1.29 is 27.8 Å². The number of carboxylic acids is 1. The van der Waals surface area contributed by atoms with Gasteiger partial charge in [-0.15, -0.1) is 0 Å². The molecule has 1 N–H and O–H groups in total. The minimum absolute atomic E-state index is 0.122. The Hall–Kier alpha value is -1.89. The van der Waals surface area contributed by atoms with E-state index in [1.54, 1.807) is 6.07 Å². The molecule has 136 valence electrons. The molecule has 1 aliphatic heterocycles.